The van der Waals surface area contributed by atoms with Crippen molar-refractivity contribution in [3.8, 4) is 0 Å². The third-order valence-electron chi connectivity index (χ3n) is 3.04. The van der Waals surface area contributed by atoms with Crippen LogP contribution in [0.1, 0.15) is 51.4 Å². The molecule has 2 unspecified atom stereocenters. The average molecular weight is 293 g/mol. The van der Waals surface area contributed by atoms with Crippen molar-refractivity contribution in [1.82, 2.24) is 0 Å². The lowest BCUT2D eigenvalue weighted by Crippen LogP contribution is -2.41. The van der Waals surface area contributed by atoms with Gasteiger partial charge in [0, 0.05) is 6.42 Å². The lowest BCUT2D eigenvalue weighted by Gasteiger charge is -2.13. The fourth-order valence-electron chi connectivity index (χ4n) is 1.76. The zero-order valence-electron chi connectivity index (χ0n) is 11.7. The average Bonchev–Trinajstić information content (AvgIpc) is 2.39. The molecule has 0 aliphatic heterocycles. The molecule has 0 saturated heterocycles. The Bertz CT molecular complexity index is 286. The molecule has 20 heavy (non-hydrogen) atoms. The van der Waals surface area contributed by atoms with Crippen molar-refractivity contribution >= 4 is 5.97 Å². The van der Waals surface area contributed by atoms with Gasteiger partial charge in [-0.25, -0.2) is 8.78 Å². The Hall–Kier alpha value is -1.01. The third-order valence-corrected chi connectivity index (χ3v) is 3.04. The van der Waals surface area contributed by atoms with E-state index in [-0.39, 0.29) is 6.42 Å². The number of aliphatic hydroxyl groups is 1. The highest BCUT2D eigenvalue weighted by molar-refractivity contribution is 5.73. The Morgan fingerprint density at radius 2 is 1.65 bits per heavy atom. The van der Waals surface area contributed by atoms with Crippen molar-refractivity contribution in [2.24, 2.45) is 5.73 Å². The SMILES string of the molecule is NC(C(=O)O)C(O)CCC=CCCCCCCC(F)F. The zero-order chi connectivity index (χ0) is 15.4. The highest BCUT2D eigenvalue weighted by atomic mass is 19.3. The summed E-state index contributed by atoms with van der Waals surface area (Å²) in [6.45, 7) is 0. The molecule has 0 aromatic rings. The van der Waals surface area contributed by atoms with Crippen LogP contribution in [0, 0.1) is 0 Å². The molecule has 4 N–H and O–H groups in total. The maximum absolute atomic E-state index is 11.8. The molecule has 4 nitrogen and oxygen atoms in total. The summed E-state index contributed by atoms with van der Waals surface area (Å²) in [5, 5.41) is 18.0. The number of nitrogens with two attached hydrogens (primary N) is 1. The molecule has 0 aromatic heterocycles. The Balaban J connectivity index is 3.42. The van der Waals surface area contributed by atoms with E-state index in [1.165, 1.54) is 0 Å². The molecular weight excluding hydrogens is 268 g/mol. The van der Waals surface area contributed by atoms with Crippen LogP contribution in [-0.4, -0.2) is 34.8 Å². The maximum Gasteiger partial charge on any atom is 0.323 e. The van der Waals surface area contributed by atoms with Crippen LogP contribution in [0.15, 0.2) is 12.2 Å². The molecule has 0 rings (SSSR count). The number of hydrogen-bond donors (Lipinski definition) is 3. The highest BCUT2D eigenvalue weighted by Gasteiger charge is 2.20. The monoisotopic (exact) mass is 293 g/mol. The molecule has 0 saturated carbocycles. The Morgan fingerprint density at radius 1 is 1.05 bits per heavy atom. The Kier molecular flexibility index (Phi) is 11.2. The van der Waals surface area contributed by atoms with Gasteiger partial charge >= 0.3 is 5.97 Å². The van der Waals surface area contributed by atoms with E-state index in [9.17, 15) is 18.7 Å². The van der Waals surface area contributed by atoms with Crippen molar-refractivity contribution in [3.05, 3.63) is 12.2 Å². The largest absolute Gasteiger partial charge is 0.480 e. The molecule has 0 amide bonds. The van der Waals surface area contributed by atoms with Gasteiger partial charge in [0.25, 0.3) is 0 Å². The summed E-state index contributed by atoms with van der Waals surface area (Å²) in [4.78, 5) is 10.5. The summed E-state index contributed by atoms with van der Waals surface area (Å²) in [6, 6.07) is -1.24. The van der Waals surface area contributed by atoms with Crippen molar-refractivity contribution < 1.29 is 23.8 Å². The van der Waals surface area contributed by atoms with Crippen LogP contribution in [-0.2, 0) is 4.79 Å². The Morgan fingerprint density at radius 3 is 2.25 bits per heavy atom. The van der Waals surface area contributed by atoms with Gasteiger partial charge in [0.15, 0.2) is 0 Å². The van der Waals surface area contributed by atoms with E-state index >= 15 is 0 Å². The molecule has 0 bridgehead atoms. The zero-order valence-corrected chi connectivity index (χ0v) is 11.7. The number of rotatable bonds is 12. The number of carboxylic acids is 1. The second-order valence-electron chi connectivity index (χ2n) is 4.86. The summed E-state index contributed by atoms with van der Waals surface area (Å²) in [5.74, 6) is -1.20. The normalized spacial score (nSPS) is 14.8. The standard InChI is InChI=1S/C14H25F2NO3/c15-12(16)10-8-6-4-2-1-3-5-7-9-11(18)13(17)14(19)20/h3,5,11-13,18H,1-2,4,6-10,17H2,(H,19,20). The smallest absolute Gasteiger partial charge is 0.323 e. The summed E-state index contributed by atoms with van der Waals surface area (Å²) in [7, 11) is 0. The second kappa shape index (κ2) is 11.8. The molecule has 0 heterocycles. The van der Waals surface area contributed by atoms with Gasteiger partial charge in [-0.3, -0.25) is 4.79 Å². The number of hydrogen-bond acceptors (Lipinski definition) is 3. The minimum atomic E-state index is -2.20. The van der Waals surface area contributed by atoms with E-state index in [2.05, 4.69) is 0 Å². The van der Waals surface area contributed by atoms with Crippen LogP contribution < -0.4 is 5.73 Å². The second-order valence-corrected chi connectivity index (χ2v) is 4.86. The summed E-state index contributed by atoms with van der Waals surface area (Å²) < 4.78 is 23.7. The molecule has 0 aliphatic rings. The molecule has 0 spiro atoms. The van der Waals surface area contributed by atoms with E-state index < -0.39 is 24.5 Å². The number of halogens is 2. The van der Waals surface area contributed by atoms with Gasteiger partial charge < -0.3 is 15.9 Å². The molecule has 118 valence electrons. The van der Waals surface area contributed by atoms with Crippen LogP contribution in [0.5, 0.6) is 0 Å². The molecule has 0 aliphatic carbocycles. The molecule has 0 radical (unpaired) electrons. The van der Waals surface area contributed by atoms with E-state index in [1.807, 2.05) is 12.2 Å². The van der Waals surface area contributed by atoms with Crippen LogP contribution in [0.2, 0.25) is 0 Å². The maximum atomic E-state index is 11.8. The van der Waals surface area contributed by atoms with Gasteiger partial charge in [-0.1, -0.05) is 25.0 Å². The van der Waals surface area contributed by atoms with Crippen molar-refractivity contribution in [1.29, 1.82) is 0 Å². The van der Waals surface area contributed by atoms with Crippen LogP contribution in [0.3, 0.4) is 0 Å². The summed E-state index contributed by atoms with van der Waals surface area (Å²) in [5.41, 5.74) is 5.26. The summed E-state index contributed by atoms with van der Waals surface area (Å²) >= 11 is 0. The lowest BCUT2D eigenvalue weighted by atomic mass is 10.1. The predicted molar refractivity (Wildman–Crippen MR) is 73.7 cm³/mol. The number of allylic oxidation sites excluding steroid dienone is 2. The van der Waals surface area contributed by atoms with E-state index in [0.717, 1.165) is 25.7 Å². The minimum Gasteiger partial charge on any atom is -0.480 e. The van der Waals surface area contributed by atoms with Gasteiger partial charge in [-0.2, -0.15) is 0 Å². The predicted octanol–water partition coefficient (Wildman–Crippen LogP) is 2.70. The van der Waals surface area contributed by atoms with E-state index in [1.54, 1.807) is 0 Å². The third kappa shape index (κ3) is 10.9. The van der Waals surface area contributed by atoms with Crippen molar-refractivity contribution in [2.45, 2.75) is 69.9 Å². The molecule has 0 fully saturated rings. The summed E-state index contributed by atoms with van der Waals surface area (Å²) in [6.07, 6.45) is 5.65. The molecular formula is C14H25F2NO3. The van der Waals surface area contributed by atoms with Crippen LogP contribution in [0.25, 0.3) is 0 Å². The highest BCUT2D eigenvalue weighted by Crippen LogP contribution is 2.10. The lowest BCUT2D eigenvalue weighted by molar-refractivity contribution is -0.141. The quantitative estimate of drug-likeness (QED) is 0.381. The van der Waals surface area contributed by atoms with Gasteiger partial charge in [0.05, 0.1) is 6.10 Å². The first-order chi connectivity index (χ1) is 9.45. The molecule has 6 heteroatoms. The number of carbonyl (C=O) groups is 1. The number of aliphatic carboxylic acids is 1. The first-order valence-electron chi connectivity index (χ1n) is 7.04. The molecule has 0 aromatic carbocycles. The van der Waals surface area contributed by atoms with Crippen LogP contribution in [0.4, 0.5) is 8.78 Å². The minimum absolute atomic E-state index is 0.0163. The number of alkyl halides is 2. The van der Waals surface area contributed by atoms with Gasteiger partial charge in [0.1, 0.15) is 6.04 Å². The fraction of sp³-hybridized carbons (Fsp3) is 0.786. The number of carboxylic acid groups (broad SMARTS) is 1. The van der Waals surface area contributed by atoms with Crippen molar-refractivity contribution in [3.63, 3.8) is 0 Å². The Labute approximate surface area is 118 Å². The first-order valence-corrected chi connectivity index (χ1v) is 7.04. The van der Waals surface area contributed by atoms with E-state index in [4.69, 9.17) is 10.8 Å². The topological polar surface area (TPSA) is 83.6 Å². The number of aliphatic hydroxyl groups excluding tert-OH is 1. The van der Waals surface area contributed by atoms with E-state index in [0.29, 0.717) is 19.3 Å². The van der Waals surface area contributed by atoms with Crippen molar-refractivity contribution in [2.75, 3.05) is 0 Å². The fourth-order valence-corrected chi connectivity index (χ4v) is 1.76. The number of unbranched alkanes of at least 4 members (excludes halogenated alkanes) is 4. The van der Waals surface area contributed by atoms with Crippen LogP contribution >= 0.6 is 0 Å². The first kappa shape index (κ1) is 19.0. The van der Waals surface area contributed by atoms with Gasteiger partial charge in [-0.15, -0.1) is 0 Å². The van der Waals surface area contributed by atoms with Gasteiger partial charge in [0.2, 0.25) is 6.43 Å². The molecule has 2 atom stereocenters. The van der Waals surface area contributed by atoms with Gasteiger partial charge in [-0.05, 0) is 32.1 Å².